The minimum atomic E-state index is -3.79. The van der Waals surface area contributed by atoms with Gasteiger partial charge in [0.15, 0.2) is 0 Å². The third-order valence-electron chi connectivity index (χ3n) is 6.01. The van der Waals surface area contributed by atoms with Crippen molar-refractivity contribution in [2.45, 2.75) is 37.6 Å². The van der Waals surface area contributed by atoms with Gasteiger partial charge >= 0.3 is 0 Å². The molecule has 0 aliphatic carbocycles. The summed E-state index contributed by atoms with van der Waals surface area (Å²) in [6, 6.07) is 12.2. The number of thiazole rings is 1. The number of hydrogen-bond acceptors (Lipinski definition) is 5. The molecule has 1 atom stereocenters. The van der Waals surface area contributed by atoms with Crippen molar-refractivity contribution in [1.29, 1.82) is 0 Å². The average molecular weight is 617 g/mol. The van der Waals surface area contributed by atoms with E-state index in [1.54, 1.807) is 17.4 Å². The summed E-state index contributed by atoms with van der Waals surface area (Å²) in [6.45, 7) is 4.38. The Morgan fingerprint density at radius 2 is 1.83 bits per heavy atom. The molecule has 3 aromatic rings. The number of aryl methyl sites for hydroxylation is 1. The lowest BCUT2D eigenvalue weighted by atomic mass is 9.97. The summed E-state index contributed by atoms with van der Waals surface area (Å²) in [7, 11) is -3.79. The van der Waals surface area contributed by atoms with Crippen LogP contribution in [0.5, 0.6) is 0 Å². The van der Waals surface area contributed by atoms with Gasteiger partial charge in [-0.15, -0.1) is 11.3 Å². The van der Waals surface area contributed by atoms with Crippen molar-refractivity contribution in [1.82, 2.24) is 14.6 Å². The number of sulfonamides is 1. The molecule has 35 heavy (non-hydrogen) atoms. The minimum Gasteiger partial charge on any atom is -0.348 e. The fraction of sp³-hybridized carbons (Fsp3) is 0.333. The van der Waals surface area contributed by atoms with Crippen LogP contribution in [0.2, 0.25) is 10.0 Å². The summed E-state index contributed by atoms with van der Waals surface area (Å²) >= 11 is 17.1. The Balaban J connectivity index is 1.39. The van der Waals surface area contributed by atoms with E-state index in [0.29, 0.717) is 17.9 Å². The predicted octanol–water partition coefficient (Wildman–Crippen LogP) is 6.47. The third kappa shape index (κ3) is 5.92. The zero-order valence-corrected chi connectivity index (χ0v) is 23.8. The van der Waals surface area contributed by atoms with Crippen molar-refractivity contribution in [2.75, 3.05) is 13.1 Å². The van der Waals surface area contributed by atoms with Gasteiger partial charge < -0.3 is 5.32 Å². The Morgan fingerprint density at radius 3 is 2.49 bits per heavy atom. The van der Waals surface area contributed by atoms with Gasteiger partial charge in [-0.1, -0.05) is 51.3 Å². The van der Waals surface area contributed by atoms with Gasteiger partial charge in [0.2, 0.25) is 15.9 Å². The average Bonchev–Trinajstić information content (AvgIpc) is 3.22. The molecule has 1 saturated heterocycles. The maximum atomic E-state index is 13.0. The number of amides is 1. The molecule has 2 aromatic carbocycles. The molecule has 1 aliphatic rings. The van der Waals surface area contributed by atoms with E-state index in [9.17, 15) is 13.2 Å². The van der Waals surface area contributed by atoms with Gasteiger partial charge in [-0.25, -0.2) is 13.4 Å². The SMILES string of the molecule is Cc1nc(-c2ccc(Br)cc2)sc1C(C)NC(=O)C1CCN(S(=O)(=O)c2cc(Cl)ccc2Cl)CC1. The molecule has 1 fully saturated rings. The van der Waals surface area contributed by atoms with E-state index in [1.165, 1.54) is 16.4 Å². The Hall–Kier alpha value is -1.49. The second-order valence-corrected chi connectivity index (χ2v) is 13.2. The number of aromatic nitrogens is 1. The van der Waals surface area contributed by atoms with E-state index in [0.717, 1.165) is 25.6 Å². The van der Waals surface area contributed by atoms with Crippen molar-refractivity contribution in [3.63, 3.8) is 0 Å². The van der Waals surface area contributed by atoms with Crippen LogP contribution < -0.4 is 5.32 Å². The van der Waals surface area contributed by atoms with E-state index >= 15 is 0 Å². The molecule has 0 bridgehead atoms. The van der Waals surface area contributed by atoms with Gasteiger partial charge in [-0.05, 0) is 57.0 Å². The van der Waals surface area contributed by atoms with Crippen LogP contribution in [0.1, 0.15) is 36.4 Å². The molecule has 11 heteroatoms. The summed E-state index contributed by atoms with van der Waals surface area (Å²) in [4.78, 5) is 18.7. The Morgan fingerprint density at radius 1 is 1.17 bits per heavy atom. The molecule has 1 N–H and O–H groups in total. The fourth-order valence-corrected chi connectivity index (χ4v) is 7.64. The van der Waals surface area contributed by atoms with Crippen molar-refractivity contribution in [2.24, 2.45) is 5.92 Å². The summed E-state index contributed by atoms with van der Waals surface area (Å²) in [6.07, 6.45) is 0.865. The van der Waals surface area contributed by atoms with Crippen molar-refractivity contribution in [3.8, 4) is 10.6 Å². The van der Waals surface area contributed by atoms with Gasteiger partial charge in [0.05, 0.1) is 21.6 Å². The van der Waals surface area contributed by atoms with E-state index in [1.807, 2.05) is 38.1 Å². The molecular weight excluding hydrogens is 593 g/mol. The maximum Gasteiger partial charge on any atom is 0.244 e. The van der Waals surface area contributed by atoms with E-state index in [-0.39, 0.29) is 40.9 Å². The zero-order chi connectivity index (χ0) is 25.3. The number of benzene rings is 2. The zero-order valence-electron chi connectivity index (χ0n) is 19.1. The number of carbonyl (C=O) groups excluding carboxylic acids is 1. The lowest BCUT2D eigenvalue weighted by Crippen LogP contribution is -2.43. The number of rotatable bonds is 6. The maximum absolute atomic E-state index is 13.0. The van der Waals surface area contributed by atoms with E-state index < -0.39 is 10.0 Å². The van der Waals surface area contributed by atoms with Crippen LogP contribution in [0.15, 0.2) is 51.8 Å². The third-order valence-corrected chi connectivity index (χ3v) is 10.5. The first-order chi connectivity index (χ1) is 16.6. The van der Waals surface area contributed by atoms with Gasteiger partial charge in [0, 0.05) is 34.1 Å². The first-order valence-corrected chi connectivity index (χ1v) is 14.9. The molecule has 0 radical (unpaired) electrons. The second-order valence-electron chi connectivity index (χ2n) is 8.46. The Bertz CT molecular complexity index is 1340. The fourth-order valence-electron chi connectivity index (χ4n) is 4.09. The molecule has 6 nitrogen and oxygen atoms in total. The first-order valence-electron chi connectivity index (χ1n) is 11.0. The van der Waals surface area contributed by atoms with Crippen LogP contribution in [0, 0.1) is 12.8 Å². The molecule has 0 spiro atoms. The summed E-state index contributed by atoms with van der Waals surface area (Å²) in [5.74, 6) is -0.341. The van der Waals surface area contributed by atoms with Crippen LogP contribution in [0.3, 0.4) is 0 Å². The Kier molecular flexibility index (Phi) is 8.25. The molecule has 1 unspecified atom stereocenters. The highest BCUT2D eigenvalue weighted by Gasteiger charge is 2.34. The lowest BCUT2D eigenvalue weighted by molar-refractivity contribution is -0.126. The number of halogens is 3. The molecular formula is C24H24BrCl2N3O3S2. The number of nitrogens with one attached hydrogen (secondary N) is 1. The van der Waals surface area contributed by atoms with E-state index in [4.69, 9.17) is 23.2 Å². The predicted molar refractivity (Wildman–Crippen MR) is 144 cm³/mol. The highest BCUT2D eigenvalue weighted by Crippen LogP contribution is 2.34. The normalized spacial score (nSPS) is 16.3. The first kappa shape index (κ1) is 26.6. The summed E-state index contributed by atoms with van der Waals surface area (Å²) < 4.78 is 28.5. The highest BCUT2D eigenvalue weighted by molar-refractivity contribution is 9.10. The lowest BCUT2D eigenvalue weighted by Gasteiger charge is -2.31. The number of piperidine rings is 1. The molecule has 1 amide bonds. The molecule has 4 rings (SSSR count). The van der Waals surface area contributed by atoms with Gasteiger partial charge in [-0.2, -0.15) is 4.31 Å². The smallest absolute Gasteiger partial charge is 0.244 e. The number of nitrogens with zero attached hydrogens (tertiary/aromatic N) is 2. The molecule has 1 aliphatic heterocycles. The molecule has 0 saturated carbocycles. The van der Waals surface area contributed by atoms with Crippen molar-refractivity contribution in [3.05, 3.63) is 67.6 Å². The minimum absolute atomic E-state index is 0.00885. The van der Waals surface area contributed by atoms with Crippen molar-refractivity contribution < 1.29 is 13.2 Å². The van der Waals surface area contributed by atoms with Crippen LogP contribution >= 0.6 is 50.5 Å². The highest BCUT2D eigenvalue weighted by atomic mass is 79.9. The van der Waals surface area contributed by atoms with Gasteiger partial charge in [0.1, 0.15) is 9.90 Å². The van der Waals surface area contributed by atoms with Crippen molar-refractivity contribution >= 4 is 66.4 Å². The summed E-state index contributed by atoms with van der Waals surface area (Å²) in [5, 5.41) is 4.44. The van der Waals surface area contributed by atoms with Crippen LogP contribution in [-0.4, -0.2) is 36.7 Å². The van der Waals surface area contributed by atoms with E-state index in [2.05, 4.69) is 26.2 Å². The summed E-state index contributed by atoms with van der Waals surface area (Å²) in [5.41, 5.74) is 1.92. The quantitative estimate of drug-likeness (QED) is 0.344. The molecule has 1 aromatic heterocycles. The Labute approximate surface area is 227 Å². The number of hydrogen-bond donors (Lipinski definition) is 1. The standard InChI is InChI=1S/C24H24BrCl2N3O3S2/c1-14(22-15(2)29-24(34-22)17-3-5-18(25)6-4-17)28-23(31)16-9-11-30(12-10-16)35(32,33)21-13-19(26)7-8-20(21)27/h3-8,13-14,16H,9-12H2,1-2H3,(H,28,31). The van der Waals surface area contributed by atoms with Crippen LogP contribution in [0.4, 0.5) is 0 Å². The monoisotopic (exact) mass is 615 g/mol. The topological polar surface area (TPSA) is 79.4 Å². The van der Waals surface area contributed by atoms with Crippen LogP contribution in [0.25, 0.3) is 10.6 Å². The van der Waals surface area contributed by atoms with Gasteiger partial charge in [0.25, 0.3) is 0 Å². The van der Waals surface area contributed by atoms with Gasteiger partial charge in [-0.3, -0.25) is 4.79 Å². The second kappa shape index (κ2) is 10.9. The molecule has 2 heterocycles. The molecule has 186 valence electrons. The van der Waals surface area contributed by atoms with Crippen LogP contribution in [-0.2, 0) is 14.8 Å². The number of carbonyl (C=O) groups is 1. The largest absolute Gasteiger partial charge is 0.348 e.